The maximum atomic E-state index is 13.3. The van der Waals surface area contributed by atoms with Gasteiger partial charge in [0.15, 0.2) is 0 Å². The number of benzene rings is 1. The molecule has 0 atom stereocenters. The molecular formula is C8H11FN4O2S. The minimum Gasteiger partial charge on any atom is -0.398 e. The summed E-state index contributed by atoms with van der Waals surface area (Å²) in [7, 11) is -4.10. The van der Waals surface area contributed by atoms with Crippen molar-refractivity contribution < 1.29 is 12.8 Å². The summed E-state index contributed by atoms with van der Waals surface area (Å²) in [5.74, 6) is -1.36. The Labute approximate surface area is 92.0 Å². The minimum atomic E-state index is -4.10. The van der Waals surface area contributed by atoms with Crippen molar-refractivity contribution in [3.05, 3.63) is 23.5 Å². The van der Waals surface area contributed by atoms with E-state index in [-0.39, 0.29) is 16.1 Å². The van der Waals surface area contributed by atoms with Gasteiger partial charge in [-0.1, -0.05) is 0 Å². The van der Waals surface area contributed by atoms with E-state index in [9.17, 15) is 12.8 Å². The first-order valence-corrected chi connectivity index (χ1v) is 5.59. The maximum Gasteiger partial charge on any atom is 0.285 e. The summed E-state index contributed by atoms with van der Waals surface area (Å²) in [5.41, 5.74) is 15.5. The molecule has 1 aromatic rings. The van der Waals surface area contributed by atoms with Crippen molar-refractivity contribution in [3.63, 3.8) is 0 Å². The van der Waals surface area contributed by atoms with Crippen LogP contribution in [0.15, 0.2) is 21.4 Å². The van der Waals surface area contributed by atoms with Crippen LogP contribution in [0, 0.1) is 12.7 Å². The van der Waals surface area contributed by atoms with E-state index in [1.807, 2.05) is 0 Å². The van der Waals surface area contributed by atoms with Crippen LogP contribution < -0.4 is 17.2 Å². The fraction of sp³-hybridized carbons (Fsp3) is 0.125. The molecule has 6 nitrogen and oxygen atoms in total. The fourth-order valence-corrected chi connectivity index (χ4v) is 1.93. The zero-order valence-corrected chi connectivity index (χ0v) is 9.25. The molecule has 1 rings (SSSR count). The van der Waals surface area contributed by atoms with Gasteiger partial charge < -0.3 is 17.2 Å². The molecule has 0 spiro atoms. The number of nitrogens with two attached hydrogens (primary N) is 3. The van der Waals surface area contributed by atoms with E-state index in [4.69, 9.17) is 17.2 Å². The number of guanidine groups is 1. The van der Waals surface area contributed by atoms with E-state index in [0.29, 0.717) is 0 Å². The lowest BCUT2D eigenvalue weighted by Crippen LogP contribution is -2.24. The van der Waals surface area contributed by atoms with E-state index >= 15 is 0 Å². The maximum absolute atomic E-state index is 13.3. The zero-order chi connectivity index (χ0) is 12.5. The highest BCUT2D eigenvalue weighted by atomic mass is 32.2. The standard InChI is InChI=1S/C8H11FN4O2S/c1-4-6(9)2-5(3-7(4)10)16(14,15)13-8(11)12/h2-3H,10H2,1H3,(H4,11,12,13). The molecule has 0 amide bonds. The molecule has 16 heavy (non-hydrogen) atoms. The Kier molecular flexibility index (Phi) is 3.04. The highest BCUT2D eigenvalue weighted by molar-refractivity contribution is 7.90. The summed E-state index contributed by atoms with van der Waals surface area (Å²) in [6.07, 6.45) is 0. The molecule has 0 saturated heterocycles. The molecule has 6 N–H and O–H groups in total. The number of hydrogen-bond donors (Lipinski definition) is 3. The molecule has 1 aromatic carbocycles. The smallest absolute Gasteiger partial charge is 0.285 e. The van der Waals surface area contributed by atoms with Gasteiger partial charge in [-0.05, 0) is 19.1 Å². The van der Waals surface area contributed by atoms with Crippen LogP contribution in [0.25, 0.3) is 0 Å². The van der Waals surface area contributed by atoms with Crippen molar-refractivity contribution in [3.8, 4) is 0 Å². The van der Waals surface area contributed by atoms with Crippen LogP contribution >= 0.6 is 0 Å². The predicted octanol–water partition coefficient (Wildman–Crippen LogP) is -0.322. The molecule has 0 saturated carbocycles. The Morgan fingerprint density at radius 2 is 1.94 bits per heavy atom. The second kappa shape index (κ2) is 3.97. The molecule has 0 aliphatic carbocycles. The van der Waals surface area contributed by atoms with E-state index in [1.54, 1.807) is 0 Å². The predicted molar refractivity (Wildman–Crippen MR) is 58.5 cm³/mol. The van der Waals surface area contributed by atoms with Gasteiger partial charge in [-0.15, -0.1) is 4.40 Å². The van der Waals surface area contributed by atoms with E-state index in [2.05, 4.69) is 4.40 Å². The summed E-state index contributed by atoms with van der Waals surface area (Å²) >= 11 is 0. The molecule has 0 unspecified atom stereocenters. The van der Waals surface area contributed by atoms with Crippen molar-refractivity contribution >= 4 is 21.7 Å². The Hall–Kier alpha value is -1.83. The molecule has 0 bridgehead atoms. The van der Waals surface area contributed by atoms with Crippen LogP contribution in [0.5, 0.6) is 0 Å². The quantitative estimate of drug-likeness (QED) is 0.374. The van der Waals surface area contributed by atoms with E-state index in [0.717, 1.165) is 12.1 Å². The zero-order valence-electron chi connectivity index (χ0n) is 8.44. The number of hydrogen-bond acceptors (Lipinski definition) is 3. The molecule has 0 radical (unpaired) electrons. The lowest BCUT2D eigenvalue weighted by Gasteiger charge is -2.05. The average Bonchev–Trinajstić information content (AvgIpc) is 2.11. The van der Waals surface area contributed by atoms with Crippen LogP contribution in [0.2, 0.25) is 0 Å². The number of anilines is 1. The summed E-state index contributed by atoms with van der Waals surface area (Å²) in [6.45, 7) is 1.43. The molecule has 0 aliphatic rings. The topological polar surface area (TPSA) is 125 Å². The highest BCUT2D eigenvalue weighted by Gasteiger charge is 2.16. The van der Waals surface area contributed by atoms with Gasteiger partial charge in [0.2, 0.25) is 5.96 Å². The van der Waals surface area contributed by atoms with Gasteiger partial charge >= 0.3 is 0 Å². The molecule has 0 fully saturated rings. The minimum absolute atomic E-state index is 0.0179. The largest absolute Gasteiger partial charge is 0.398 e. The fourth-order valence-electron chi connectivity index (χ4n) is 1.01. The van der Waals surface area contributed by atoms with Crippen LogP contribution in [-0.2, 0) is 10.0 Å². The van der Waals surface area contributed by atoms with Crippen LogP contribution in [-0.4, -0.2) is 14.4 Å². The summed E-state index contributed by atoms with van der Waals surface area (Å²) in [6, 6.07) is 1.91. The van der Waals surface area contributed by atoms with Crippen LogP contribution in [0.1, 0.15) is 5.56 Å². The third-order valence-electron chi connectivity index (χ3n) is 1.88. The Balaban J connectivity index is 3.42. The number of sulfonamides is 1. The summed E-state index contributed by atoms with van der Waals surface area (Å²) < 4.78 is 39.2. The van der Waals surface area contributed by atoms with Crippen molar-refractivity contribution in [1.82, 2.24) is 0 Å². The van der Waals surface area contributed by atoms with Crippen molar-refractivity contribution in [2.45, 2.75) is 11.8 Å². The van der Waals surface area contributed by atoms with Crippen LogP contribution in [0.3, 0.4) is 0 Å². The molecule has 88 valence electrons. The number of nitrogens with zero attached hydrogens (tertiary/aromatic N) is 1. The second-order valence-corrected chi connectivity index (χ2v) is 4.71. The summed E-state index contributed by atoms with van der Waals surface area (Å²) in [4.78, 5) is -0.387. The van der Waals surface area contributed by atoms with Gasteiger partial charge in [-0.25, -0.2) is 4.39 Å². The monoisotopic (exact) mass is 246 g/mol. The van der Waals surface area contributed by atoms with Gasteiger partial charge in [0.25, 0.3) is 10.0 Å². The number of rotatable bonds is 2. The number of nitrogen functional groups attached to an aromatic ring is 1. The average molecular weight is 246 g/mol. The summed E-state index contributed by atoms with van der Waals surface area (Å²) in [5, 5.41) is 0. The lowest BCUT2D eigenvalue weighted by atomic mass is 10.2. The first-order valence-electron chi connectivity index (χ1n) is 4.15. The molecule has 0 aliphatic heterocycles. The Bertz CT molecular complexity index is 526. The van der Waals surface area contributed by atoms with Gasteiger partial charge in [0.1, 0.15) is 5.82 Å². The molecule has 0 heterocycles. The molecular weight excluding hydrogens is 235 g/mol. The first kappa shape index (κ1) is 12.2. The third-order valence-corrected chi connectivity index (χ3v) is 3.16. The number of halogens is 1. The highest BCUT2D eigenvalue weighted by Crippen LogP contribution is 2.22. The Morgan fingerprint density at radius 1 is 1.38 bits per heavy atom. The first-order chi connectivity index (χ1) is 7.24. The van der Waals surface area contributed by atoms with Crippen LogP contribution in [0.4, 0.5) is 10.1 Å². The SMILES string of the molecule is Cc1c(N)cc(S(=O)(=O)N=C(N)N)cc1F. The van der Waals surface area contributed by atoms with Crippen molar-refractivity contribution in [1.29, 1.82) is 0 Å². The van der Waals surface area contributed by atoms with E-state index < -0.39 is 21.8 Å². The van der Waals surface area contributed by atoms with Gasteiger partial charge in [-0.2, -0.15) is 8.42 Å². The van der Waals surface area contributed by atoms with Gasteiger partial charge in [0, 0.05) is 11.3 Å². The normalized spacial score (nSPS) is 11.1. The van der Waals surface area contributed by atoms with Gasteiger partial charge in [0.05, 0.1) is 4.90 Å². The third kappa shape index (κ3) is 2.40. The Morgan fingerprint density at radius 3 is 2.38 bits per heavy atom. The van der Waals surface area contributed by atoms with Crippen molar-refractivity contribution in [2.75, 3.05) is 5.73 Å². The van der Waals surface area contributed by atoms with Crippen molar-refractivity contribution in [2.24, 2.45) is 15.9 Å². The second-order valence-electron chi connectivity index (χ2n) is 3.11. The molecule has 0 aromatic heterocycles. The van der Waals surface area contributed by atoms with E-state index in [1.165, 1.54) is 6.92 Å². The molecule has 8 heteroatoms. The van der Waals surface area contributed by atoms with Gasteiger partial charge in [-0.3, -0.25) is 0 Å². The lowest BCUT2D eigenvalue weighted by molar-refractivity contribution is 0.591.